The zero-order valence-corrected chi connectivity index (χ0v) is 14.2. The second-order valence-electron chi connectivity index (χ2n) is 5.00. The van der Waals surface area contributed by atoms with Crippen LogP contribution in [0.4, 0.5) is 0 Å². The molecule has 2 heterocycles. The first-order valence-electron chi connectivity index (χ1n) is 7.12. The Morgan fingerprint density at radius 2 is 2.08 bits per heavy atom. The van der Waals surface area contributed by atoms with Crippen molar-refractivity contribution in [3.8, 4) is 0 Å². The number of ether oxygens (including phenoxy) is 1. The number of H-pyrrole nitrogens is 1. The molecule has 0 bridgehead atoms. The summed E-state index contributed by atoms with van der Waals surface area (Å²) < 4.78 is 31.9. The van der Waals surface area contributed by atoms with Crippen LogP contribution >= 0.6 is 11.6 Å². The quantitative estimate of drug-likeness (QED) is 0.837. The Morgan fingerprint density at radius 1 is 1.38 bits per heavy atom. The molecule has 0 spiro atoms. The molecule has 1 aromatic heterocycles. The molecule has 9 heteroatoms. The Bertz CT molecular complexity index is 890. The third-order valence-corrected chi connectivity index (χ3v) is 5.54. The van der Waals surface area contributed by atoms with Crippen molar-refractivity contribution in [3.05, 3.63) is 52.9 Å². The van der Waals surface area contributed by atoms with Crippen LogP contribution in [0, 0.1) is 0 Å². The van der Waals surface area contributed by atoms with Gasteiger partial charge in [-0.05, 0) is 37.3 Å². The average molecular weight is 368 g/mol. The molecule has 7 nitrogen and oxygen atoms in total. The summed E-state index contributed by atoms with van der Waals surface area (Å²) in [5.74, 6) is -0.665. The maximum Gasteiger partial charge on any atom is 0.334 e. The second kappa shape index (κ2) is 6.29. The number of halogens is 1. The number of hydrogen-bond acceptors (Lipinski definition) is 5. The third kappa shape index (κ3) is 2.78. The Balaban J connectivity index is 2.07. The fraction of sp³-hybridized carbons (Fsp3) is 0.200. The molecule has 0 saturated carbocycles. The van der Waals surface area contributed by atoms with E-state index in [-0.39, 0.29) is 11.5 Å². The van der Waals surface area contributed by atoms with Crippen LogP contribution in [0.1, 0.15) is 24.2 Å². The van der Waals surface area contributed by atoms with E-state index in [1.807, 2.05) is 0 Å². The van der Waals surface area contributed by atoms with Gasteiger partial charge in [-0.15, -0.1) is 0 Å². The summed E-state index contributed by atoms with van der Waals surface area (Å²) in [6.07, 6.45) is 4.29. The number of esters is 1. The lowest BCUT2D eigenvalue weighted by Gasteiger charge is -2.30. The topological polar surface area (TPSA) is 92.4 Å². The number of sulfonamides is 1. The number of fused-ring (bicyclic) bond motifs is 1. The van der Waals surface area contributed by atoms with Gasteiger partial charge in [-0.3, -0.25) is 9.40 Å². The van der Waals surface area contributed by atoms with Gasteiger partial charge >= 0.3 is 5.97 Å². The molecular weight excluding hydrogens is 354 g/mol. The number of nitrogens with one attached hydrogen (secondary N) is 1. The van der Waals surface area contributed by atoms with Gasteiger partial charge in [0.1, 0.15) is 0 Å². The highest BCUT2D eigenvalue weighted by molar-refractivity contribution is 7.89. The first-order valence-corrected chi connectivity index (χ1v) is 8.94. The number of aromatic amines is 1. The zero-order valence-electron chi connectivity index (χ0n) is 12.6. The van der Waals surface area contributed by atoms with Crippen LogP contribution in [0.3, 0.4) is 0 Å². The van der Waals surface area contributed by atoms with Gasteiger partial charge in [-0.1, -0.05) is 11.6 Å². The van der Waals surface area contributed by atoms with Crippen LogP contribution in [-0.4, -0.2) is 35.5 Å². The van der Waals surface area contributed by atoms with Gasteiger partial charge in [0.05, 0.1) is 23.4 Å². The molecule has 24 heavy (non-hydrogen) atoms. The lowest BCUT2D eigenvalue weighted by Crippen LogP contribution is -2.37. The molecule has 126 valence electrons. The zero-order chi connectivity index (χ0) is 17.3. The van der Waals surface area contributed by atoms with E-state index in [0.717, 1.165) is 4.31 Å². The van der Waals surface area contributed by atoms with Crippen LogP contribution in [0.5, 0.6) is 0 Å². The number of nitrogens with zero attached hydrogens (tertiary/aromatic N) is 2. The van der Waals surface area contributed by atoms with Crippen LogP contribution in [0.2, 0.25) is 5.02 Å². The normalized spacial score (nSPS) is 16.8. The molecule has 1 aromatic carbocycles. The summed E-state index contributed by atoms with van der Waals surface area (Å²) in [5.41, 5.74) is 1.00. The number of carbonyl (C=O) groups excluding carboxylic acids is 1. The Morgan fingerprint density at radius 3 is 2.75 bits per heavy atom. The highest BCUT2D eigenvalue weighted by atomic mass is 35.5. The van der Waals surface area contributed by atoms with Gasteiger partial charge < -0.3 is 4.74 Å². The number of carbonyl (C=O) groups is 1. The minimum Gasteiger partial charge on any atom is -0.464 e. The minimum atomic E-state index is -3.97. The van der Waals surface area contributed by atoms with Crippen LogP contribution in [0.25, 0.3) is 6.08 Å². The fourth-order valence-electron chi connectivity index (χ4n) is 2.43. The van der Waals surface area contributed by atoms with Gasteiger partial charge in [-0.25, -0.2) is 13.2 Å². The number of aromatic nitrogens is 2. The van der Waals surface area contributed by atoms with Gasteiger partial charge in [0.25, 0.3) is 10.0 Å². The standard InChI is InChI=1S/C15H14ClN3O4S/c1-2-23-15(20)14-12-9-17-18-13(12)7-8-19(14)24(21,22)11-5-3-10(16)4-6-11/h3-9,14H,2H2,1H3,(H,17,18). The number of rotatable bonds is 4. The van der Waals surface area contributed by atoms with Crippen molar-refractivity contribution in [3.63, 3.8) is 0 Å². The summed E-state index contributed by atoms with van der Waals surface area (Å²) >= 11 is 5.81. The maximum absolute atomic E-state index is 12.9. The summed E-state index contributed by atoms with van der Waals surface area (Å²) in [6.45, 7) is 1.80. The summed E-state index contributed by atoms with van der Waals surface area (Å²) in [7, 11) is -3.97. The highest BCUT2D eigenvalue weighted by Gasteiger charge is 2.39. The molecule has 1 atom stereocenters. The molecule has 0 amide bonds. The van der Waals surface area contributed by atoms with Crippen molar-refractivity contribution in [1.82, 2.24) is 14.5 Å². The molecule has 1 unspecified atom stereocenters. The van der Waals surface area contributed by atoms with E-state index in [4.69, 9.17) is 16.3 Å². The Labute approximate surface area is 143 Å². The summed E-state index contributed by atoms with van der Waals surface area (Å²) in [5, 5.41) is 7.01. The molecule has 0 radical (unpaired) electrons. The number of hydrogen-bond donors (Lipinski definition) is 1. The van der Waals surface area contributed by atoms with E-state index in [9.17, 15) is 13.2 Å². The molecule has 3 rings (SSSR count). The molecule has 1 aliphatic rings. The molecule has 0 fully saturated rings. The van der Waals surface area contributed by atoms with Crippen molar-refractivity contribution in [2.24, 2.45) is 0 Å². The Hall–Kier alpha value is -2.32. The SMILES string of the molecule is CCOC(=O)C1c2cn[nH]c2C=CN1S(=O)(=O)c1ccc(Cl)cc1. The predicted octanol–water partition coefficient (Wildman–Crippen LogP) is 2.34. The monoisotopic (exact) mass is 367 g/mol. The minimum absolute atomic E-state index is 0.0257. The maximum atomic E-state index is 12.9. The fourth-order valence-corrected chi connectivity index (χ4v) is 3.97. The molecular formula is C15H14ClN3O4S. The van der Waals surface area contributed by atoms with E-state index in [2.05, 4.69) is 10.2 Å². The summed E-state index contributed by atoms with van der Waals surface area (Å²) in [4.78, 5) is 12.4. The third-order valence-electron chi connectivity index (χ3n) is 3.54. The molecule has 0 saturated heterocycles. The molecule has 1 N–H and O–H groups in total. The van der Waals surface area contributed by atoms with Crippen molar-refractivity contribution in [2.75, 3.05) is 6.61 Å². The van der Waals surface area contributed by atoms with Gasteiger partial charge in [-0.2, -0.15) is 5.10 Å². The lowest BCUT2D eigenvalue weighted by molar-refractivity contribution is -0.147. The molecule has 2 aromatic rings. The number of benzene rings is 1. The van der Waals surface area contributed by atoms with Crippen molar-refractivity contribution in [1.29, 1.82) is 0 Å². The van der Waals surface area contributed by atoms with Crippen LogP contribution < -0.4 is 0 Å². The largest absolute Gasteiger partial charge is 0.464 e. The second-order valence-corrected chi connectivity index (χ2v) is 7.28. The van der Waals surface area contributed by atoms with Crippen molar-refractivity contribution in [2.45, 2.75) is 17.9 Å². The highest BCUT2D eigenvalue weighted by Crippen LogP contribution is 2.34. The summed E-state index contributed by atoms with van der Waals surface area (Å²) in [6, 6.07) is 4.59. The first-order chi connectivity index (χ1) is 11.4. The lowest BCUT2D eigenvalue weighted by atomic mass is 10.1. The smallest absolute Gasteiger partial charge is 0.334 e. The molecule has 0 aliphatic carbocycles. The molecule has 1 aliphatic heterocycles. The first kappa shape index (κ1) is 16.5. The average Bonchev–Trinajstić information content (AvgIpc) is 3.03. The van der Waals surface area contributed by atoms with Gasteiger partial charge in [0.2, 0.25) is 0 Å². The van der Waals surface area contributed by atoms with E-state index in [1.165, 1.54) is 36.7 Å². The van der Waals surface area contributed by atoms with Crippen LogP contribution in [0.15, 0.2) is 41.6 Å². The van der Waals surface area contributed by atoms with E-state index >= 15 is 0 Å². The van der Waals surface area contributed by atoms with E-state index < -0.39 is 22.0 Å². The van der Waals surface area contributed by atoms with Crippen molar-refractivity contribution >= 4 is 33.7 Å². The van der Waals surface area contributed by atoms with E-state index in [0.29, 0.717) is 16.3 Å². The Kier molecular flexibility index (Phi) is 4.33. The van der Waals surface area contributed by atoms with Gasteiger partial charge in [0.15, 0.2) is 6.04 Å². The predicted molar refractivity (Wildman–Crippen MR) is 87.5 cm³/mol. The van der Waals surface area contributed by atoms with Gasteiger partial charge in [0, 0.05) is 16.8 Å². The van der Waals surface area contributed by atoms with Crippen LogP contribution in [-0.2, 0) is 19.6 Å². The van der Waals surface area contributed by atoms with Crippen molar-refractivity contribution < 1.29 is 17.9 Å². The van der Waals surface area contributed by atoms with E-state index in [1.54, 1.807) is 13.0 Å².